The average molecular weight is 323 g/mol. The molecule has 0 aromatic heterocycles. The number of carbonyl (C=O) groups excluding carboxylic acids is 2. The lowest BCUT2D eigenvalue weighted by Gasteiger charge is -2.07. The molecular formula is C15H12Cl2N2O2. The molecule has 0 fully saturated rings. The number of Topliss-reactive ketones (excluding diaryl/α,β-unsaturated/α-hetero) is 1. The van der Waals surface area contributed by atoms with Crippen LogP contribution < -0.4 is 10.6 Å². The summed E-state index contributed by atoms with van der Waals surface area (Å²) in [6.45, 7) is -0.103. The Bertz CT molecular complexity index is 657. The topological polar surface area (TPSA) is 58.2 Å². The average Bonchev–Trinajstić information content (AvgIpc) is 2.45. The van der Waals surface area contributed by atoms with Crippen LogP contribution in [0.3, 0.4) is 0 Å². The van der Waals surface area contributed by atoms with Crippen molar-refractivity contribution in [2.75, 3.05) is 11.9 Å². The van der Waals surface area contributed by atoms with E-state index in [2.05, 4.69) is 10.6 Å². The van der Waals surface area contributed by atoms with Crippen LogP contribution in [0.5, 0.6) is 0 Å². The van der Waals surface area contributed by atoms with Crippen molar-refractivity contribution in [3.05, 3.63) is 64.1 Å². The Morgan fingerprint density at radius 1 is 0.952 bits per heavy atom. The van der Waals surface area contributed by atoms with Gasteiger partial charge in [0.25, 0.3) is 0 Å². The van der Waals surface area contributed by atoms with Crippen LogP contribution in [0.2, 0.25) is 10.0 Å². The summed E-state index contributed by atoms with van der Waals surface area (Å²) in [5, 5.41) is 6.15. The van der Waals surface area contributed by atoms with Crippen molar-refractivity contribution in [1.82, 2.24) is 5.32 Å². The maximum absolute atomic E-state index is 11.9. The molecule has 4 nitrogen and oxygen atoms in total. The third-order valence-electron chi connectivity index (χ3n) is 2.66. The molecule has 0 aliphatic carbocycles. The second-order valence-corrected chi connectivity index (χ2v) is 5.12. The summed E-state index contributed by atoms with van der Waals surface area (Å²) in [6.07, 6.45) is 0. The molecule has 2 amide bonds. The van der Waals surface area contributed by atoms with E-state index in [9.17, 15) is 9.59 Å². The molecule has 2 N–H and O–H groups in total. The van der Waals surface area contributed by atoms with Gasteiger partial charge in [-0.3, -0.25) is 4.79 Å². The molecule has 0 atom stereocenters. The fourth-order valence-corrected chi connectivity index (χ4v) is 1.96. The van der Waals surface area contributed by atoms with Gasteiger partial charge in [0, 0.05) is 21.3 Å². The Labute approximate surface area is 132 Å². The third kappa shape index (κ3) is 4.77. The third-order valence-corrected chi connectivity index (χ3v) is 3.15. The van der Waals surface area contributed by atoms with Crippen molar-refractivity contribution in [2.45, 2.75) is 0 Å². The monoisotopic (exact) mass is 322 g/mol. The Morgan fingerprint density at radius 2 is 1.67 bits per heavy atom. The van der Waals surface area contributed by atoms with E-state index < -0.39 is 6.03 Å². The zero-order valence-electron chi connectivity index (χ0n) is 10.9. The van der Waals surface area contributed by atoms with Gasteiger partial charge in [-0.05, 0) is 42.5 Å². The summed E-state index contributed by atoms with van der Waals surface area (Å²) in [7, 11) is 0. The van der Waals surface area contributed by atoms with Crippen LogP contribution in [0.25, 0.3) is 0 Å². The number of anilines is 1. The van der Waals surface area contributed by atoms with Gasteiger partial charge in [-0.15, -0.1) is 0 Å². The fourth-order valence-electron chi connectivity index (χ4n) is 1.64. The lowest BCUT2D eigenvalue weighted by Crippen LogP contribution is -2.33. The summed E-state index contributed by atoms with van der Waals surface area (Å²) < 4.78 is 0. The number of hydrogen-bond donors (Lipinski definition) is 2. The largest absolute Gasteiger partial charge is 0.330 e. The van der Waals surface area contributed by atoms with Crippen LogP contribution in [0.1, 0.15) is 10.4 Å². The lowest BCUT2D eigenvalue weighted by molar-refractivity contribution is 0.0993. The molecule has 0 saturated heterocycles. The summed E-state index contributed by atoms with van der Waals surface area (Å²) in [4.78, 5) is 23.5. The lowest BCUT2D eigenvalue weighted by atomic mass is 10.1. The Morgan fingerprint density at radius 3 is 2.33 bits per heavy atom. The molecule has 0 unspecified atom stereocenters. The second kappa shape index (κ2) is 7.11. The standard InChI is InChI=1S/C15H12Cl2N2O2/c16-11-6-4-10(5-7-11)14(20)9-18-15(21)19-13-3-1-2-12(17)8-13/h1-8H,9H2,(H2,18,19,21). The van der Waals surface area contributed by atoms with E-state index in [1.165, 1.54) is 0 Å². The van der Waals surface area contributed by atoms with Gasteiger partial charge in [0.2, 0.25) is 0 Å². The zero-order chi connectivity index (χ0) is 15.2. The predicted octanol–water partition coefficient (Wildman–Crippen LogP) is 4.00. The van der Waals surface area contributed by atoms with Gasteiger partial charge in [0.15, 0.2) is 5.78 Å². The molecule has 0 aliphatic rings. The molecule has 0 aliphatic heterocycles. The highest BCUT2D eigenvalue weighted by Crippen LogP contribution is 2.14. The van der Waals surface area contributed by atoms with E-state index >= 15 is 0 Å². The highest BCUT2D eigenvalue weighted by atomic mass is 35.5. The van der Waals surface area contributed by atoms with Gasteiger partial charge < -0.3 is 10.6 Å². The van der Waals surface area contributed by atoms with Crippen molar-refractivity contribution in [1.29, 1.82) is 0 Å². The minimum atomic E-state index is -0.473. The summed E-state index contributed by atoms with van der Waals surface area (Å²) in [5.41, 5.74) is 1.04. The Kier molecular flexibility index (Phi) is 5.20. The van der Waals surface area contributed by atoms with E-state index in [0.29, 0.717) is 21.3 Å². The van der Waals surface area contributed by atoms with Gasteiger partial charge in [-0.2, -0.15) is 0 Å². The minimum absolute atomic E-state index is 0.103. The summed E-state index contributed by atoms with van der Waals surface area (Å²) >= 11 is 11.6. The quantitative estimate of drug-likeness (QED) is 0.836. The van der Waals surface area contributed by atoms with Crippen molar-refractivity contribution >= 4 is 40.7 Å². The van der Waals surface area contributed by atoms with E-state index in [1.807, 2.05) is 0 Å². The van der Waals surface area contributed by atoms with Gasteiger partial charge >= 0.3 is 6.03 Å². The zero-order valence-corrected chi connectivity index (χ0v) is 12.4. The Balaban J connectivity index is 1.86. The number of rotatable bonds is 4. The molecule has 2 aromatic rings. The number of ketones is 1. The molecule has 0 bridgehead atoms. The molecule has 2 rings (SSSR count). The van der Waals surface area contributed by atoms with Crippen LogP contribution >= 0.6 is 23.2 Å². The highest BCUT2D eigenvalue weighted by molar-refractivity contribution is 6.31. The minimum Gasteiger partial charge on any atom is -0.330 e. The molecule has 0 heterocycles. The predicted molar refractivity (Wildman–Crippen MR) is 84.3 cm³/mol. The first-order valence-corrected chi connectivity index (χ1v) is 6.89. The number of halogens is 2. The molecule has 0 radical (unpaired) electrons. The molecular weight excluding hydrogens is 311 g/mol. The first kappa shape index (κ1) is 15.4. The van der Waals surface area contributed by atoms with Crippen LogP contribution in [0.15, 0.2) is 48.5 Å². The molecule has 6 heteroatoms. The van der Waals surface area contributed by atoms with Crippen LogP contribution in [-0.4, -0.2) is 18.4 Å². The van der Waals surface area contributed by atoms with E-state index in [0.717, 1.165) is 0 Å². The second-order valence-electron chi connectivity index (χ2n) is 4.25. The maximum atomic E-state index is 11.9. The number of nitrogens with one attached hydrogen (secondary N) is 2. The van der Waals surface area contributed by atoms with Crippen LogP contribution in [-0.2, 0) is 0 Å². The molecule has 2 aromatic carbocycles. The molecule has 0 spiro atoms. The number of carbonyl (C=O) groups is 2. The van der Waals surface area contributed by atoms with Crippen molar-refractivity contribution in [3.63, 3.8) is 0 Å². The van der Waals surface area contributed by atoms with Crippen molar-refractivity contribution in [3.8, 4) is 0 Å². The van der Waals surface area contributed by atoms with E-state index in [-0.39, 0.29) is 12.3 Å². The molecule has 108 valence electrons. The normalized spacial score (nSPS) is 10.0. The van der Waals surface area contributed by atoms with E-state index in [4.69, 9.17) is 23.2 Å². The van der Waals surface area contributed by atoms with Crippen LogP contribution in [0.4, 0.5) is 10.5 Å². The summed E-state index contributed by atoms with van der Waals surface area (Å²) in [6, 6.07) is 12.7. The van der Waals surface area contributed by atoms with Gasteiger partial charge in [0.1, 0.15) is 0 Å². The van der Waals surface area contributed by atoms with Gasteiger partial charge in [-0.1, -0.05) is 29.3 Å². The van der Waals surface area contributed by atoms with E-state index in [1.54, 1.807) is 48.5 Å². The maximum Gasteiger partial charge on any atom is 0.319 e. The number of benzene rings is 2. The molecule has 21 heavy (non-hydrogen) atoms. The number of amides is 2. The van der Waals surface area contributed by atoms with Crippen molar-refractivity contribution in [2.24, 2.45) is 0 Å². The SMILES string of the molecule is O=C(NCC(=O)c1ccc(Cl)cc1)Nc1cccc(Cl)c1. The van der Waals surface area contributed by atoms with Crippen molar-refractivity contribution < 1.29 is 9.59 Å². The summed E-state index contributed by atoms with van der Waals surface area (Å²) in [5.74, 6) is -0.201. The first-order chi connectivity index (χ1) is 10.0. The fraction of sp³-hybridized carbons (Fsp3) is 0.0667. The van der Waals surface area contributed by atoms with Crippen LogP contribution in [0, 0.1) is 0 Å². The van der Waals surface area contributed by atoms with Gasteiger partial charge in [0.05, 0.1) is 6.54 Å². The number of urea groups is 1. The number of hydrogen-bond acceptors (Lipinski definition) is 2. The highest BCUT2D eigenvalue weighted by Gasteiger charge is 2.08. The molecule has 0 saturated carbocycles. The Hall–Kier alpha value is -2.04. The van der Waals surface area contributed by atoms with Gasteiger partial charge in [-0.25, -0.2) is 4.79 Å². The first-order valence-electron chi connectivity index (χ1n) is 6.14. The smallest absolute Gasteiger partial charge is 0.319 e.